The quantitative estimate of drug-likeness (QED) is 0.625. The number of aromatic amines is 1. The number of aromatic nitrogens is 2. The summed E-state index contributed by atoms with van der Waals surface area (Å²) in [6.07, 6.45) is 0.878. The summed E-state index contributed by atoms with van der Waals surface area (Å²) < 4.78 is 5.21. The lowest BCUT2D eigenvalue weighted by Gasteiger charge is -2.12. The number of amides is 2. The van der Waals surface area contributed by atoms with Crippen molar-refractivity contribution in [2.75, 3.05) is 12.0 Å². The zero-order valence-electron chi connectivity index (χ0n) is 11.6. The monoisotopic (exact) mass is 277 g/mol. The van der Waals surface area contributed by atoms with Gasteiger partial charge in [0.2, 0.25) is 5.88 Å². The molecule has 0 aliphatic carbocycles. The van der Waals surface area contributed by atoms with E-state index in [1.54, 1.807) is 12.1 Å². The number of hydrogen-bond donors (Lipinski definition) is 4. The van der Waals surface area contributed by atoms with Gasteiger partial charge in [-0.3, -0.25) is 10.8 Å². The molecule has 5 N–H and O–H groups in total. The Kier molecular flexibility index (Phi) is 4.41. The van der Waals surface area contributed by atoms with Crippen LogP contribution in [0.15, 0.2) is 18.2 Å². The number of H-pyrrole nitrogens is 1. The van der Waals surface area contributed by atoms with Gasteiger partial charge in [-0.1, -0.05) is 6.92 Å². The standard InChI is InChI=1S/C13H19N5O2/c1-3-8(2)15-13(19)16-9-4-5-11-10(6-9)12(18-17-11)20-7-14/h4-6,8H,3,7,14H2,1-2H3,(H,17,18)(H2,15,16,19). The first-order chi connectivity index (χ1) is 9.63. The minimum Gasteiger partial charge on any atom is -0.460 e. The first-order valence-electron chi connectivity index (χ1n) is 6.52. The summed E-state index contributed by atoms with van der Waals surface area (Å²) >= 11 is 0. The Morgan fingerprint density at radius 2 is 2.35 bits per heavy atom. The summed E-state index contributed by atoms with van der Waals surface area (Å²) in [5.74, 6) is 0.425. The van der Waals surface area contributed by atoms with E-state index in [9.17, 15) is 4.79 Å². The molecule has 1 aromatic heterocycles. The summed E-state index contributed by atoms with van der Waals surface area (Å²) in [5.41, 5.74) is 6.83. The average molecular weight is 277 g/mol. The van der Waals surface area contributed by atoms with Crippen molar-refractivity contribution in [3.05, 3.63) is 18.2 Å². The van der Waals surface area contributed by atoms with Crippen LogP contribution in [0.4, 0.5) is 10.5 Å². The second-order valence-corrected chi connectivity index (χ2v) is 4.51. The first-order valence-corrected chi connectivity index (χ1v) is 6.52. The molecule has 0 fully saturated rings. The van der Waals surface area contributed by atoms with E-state index in [-0.39, 0.29) is 18.8 Å². The van der Waals surface area contributed by atoms with Crippen LogP contribution in [-0.2, 0) is 0 Å². The van der Waals surface area contributed by atoms with Crippen molar-refractivity contribution in [2.45, 2.75) is 26.3 Å². The Labute approximate surface area is 116 Å². The van der Waals surface area contributed by atoms with Crippen LogP contribution in [0, 0.1) is 0 Å². The molecule has 0 aliphatic rings. The van der Waals surface area contributed by atoms with E-state index in [1.807, 2.05) is 19.9 Å². The Hall–Kier alpha value is -2.28. The summed E-state index contributed by atoms with van der Waals surface area (Å²) in [6.45, 7) is 4.01. The fourth-order valence-corrected chi connectivity index (χ4v) is 1.75. The molecule has 7 heteroatoms. The molecule has 0 aliphatic heterocycles. The third-order valence-electron chi connectivity index (χ3n) is 3.00. The van der Waals surface area contributed by atoms with Crippen LogP contribution in [0.1, 0.15) is 20.3 Å². The number of nitrogens with zero attached hydrogens (tertiary/aromatic N) is 1. The summed E-state index contributed by atoms with van der Waals surface area (Å²) in [4.78, 5) is 11.8. The van der Waals surface area contributed by atoms with Crippen LogP contribution >= 0.6 is 0 Å². The van der Waals surface area contributed by atoms with Crippen molar-refractivity contribution in [1.29, 1.82) is 0 Å². The first kappa shape index (κ1) is 14.1. The minimum absolute atomic E-state index is 0.0477. The predicted octanol–water partition coefficient (Wildman–Crippen LogP) is 1.78. The smallest absolute Gasteiger partial charge is 0.319 e. The van der Waals surface area contributed by atoms with E-state index in [4.69, 9.17) is 10.5 Å². The molecule has 0 bridgehead atoms. The molecule has 1 unspecified atom stereocenters. The van der Waals surface area contributed by atoms with Crippen molar-refractivity contribution in [3.63, 3.8) is 0 Å². The normalized spacial score (nSPS) is 12.2. The maximum atomic E-state index is 11.8. The van der Waals surface area contributed by atoms with Gasteiger partial charge in [0, 0.05) is 11.7 Å². The number of ether oxygens (including phenoxy) is 1. The Morgan fingerprint density at radius 1 is 1.55 bits per heavy atom. The van der Waals surface area contributed by atoms with E-state index in [0.29, 0.717) is 11.6 Å². The van der Waals surface area contributed by atoms with Gasteiger partial charge in [-0.25, -0.2) is 4.79 Å². The summed E-state index contributed by atoms with van der Waals surface area (Å²) in [7, 11) is 0. The third-order valence-corrected chi connectivity index (χ3v) is 3.00. The molecule has 0 radical (unpaired) electrons. The Morgan fingerprint density at radius 3 is 3.05 bits per heavy atom. The maximum absolute atomic E-state index is 11.8. The van der Waals surface area contributed by atoms with Gasteiger partial charge in [0.15, 0.2) is 0 Å². The molecular weight excluding hydrogens is 258 g/mol. The zero-order chi connectivity index (χ0) is 14.5. The van der Waals surface area contributed by atoms with Crippen LogP contribution in [0.2, 0.25) is 0 Å². The van der Waals surface area contributed by atoms with Gasteiger partial charge in [-0.2, -0.15) is 0 Å². The fourth-order valence-electron chi connectivity index (χ4n) is 1.75. The molecule has 2 rings (SSSR count). The highest BCUT2D eigenvalue weighted by molar-refractivity contribution is 5.94. The molecular formula is C13H19N5O2. The van der Waals surface area contributed by atoms with Gasteiger partial charge in [-0.05, 0) is 31.5 Å². The number of rotatable bonds is 5. The summed E-state index contributed by atoms with van der Waals surface area (Å²) in [6, 6.07) is 5.31. The van der Waals surface area contributed by atoms with Gasteiger partial charge >= 0.3 is 6.03 Å². The molecule has 1 atom stereocenters. The Bertz CT molecular complexity index is 595. The van der Waals surface area contributed by atoms with Gasteiger partial charge in [-0.15, -0.1) is 5.10 Å². The number of nitrogens with one attached hydrogen (secondary N) is 3. The lowest BCUT2D eigenvalue weighted by molar-refractivity contribution is 0.249. The van der Waals surface area contributed by atoms with Crippen molar-refractivity contribution in [3.8, 4) is 5.88 Å². The molecule has 108 valence electrons. The highest BCUT2D eigenvalue weighted by atomic mass is 16.5. The number of fused-ring (bicyclic) bond motifs is 1. The SMILES string of the molecule is CCC(C)NC(=O)Nc1ccc2[nH]nc(OCN)c2c1. The largest absolute Gasteiger partial charge is 0.460 e. The van der Waals surface area contributed by atoms with Crippen molar-refractivity contribution in [1.82, 2.24) is 15.5 Å². The number of nitrogens with two attached hydrogens (primary N) is 1. The predicted molar refractivity (Wildman–Crippen MR) is 77.7 cm³/mol. The average Bonchev–Trinajstić information content (AvgIpc) is 2.82. The van der Waals surface area contributed by atoms with Crippen molar-refractivity contribution in [2.24, 2.45) is 5.73 Å². The van der Waals surface area contributed by atoms with E-state index in [0.717, 1.165) is 17.3 Å². The van der Waals surface area contributed by atoms with E-state index < -0.39 is 0 Å². The zero-order valence-corrected chi connectivity index (χ0v) is 11.6. The topological polar surface area (TPSA) is 105 Å². The van der Waals surface area contributed by atoms with Gasteiger partial charge in [0.1, 0.15) is 6.73 Å². The number of urea groups is 1. The lowest BCUT2D eigenvalue weighted by atomic mass is 10.2. The van der Waals surface area contributed by atoms with E-state index >= 15 is 0 Å². The molecule has 1 aromatic carbocycles. The molecule has 2 aromatic rings. The number of carbonyl (C=O) groups is 1. The molecule has 0 spiro atoms. The molecule has 0 saturated carbocycles. The number of carbonyl (C=O) groups excluding carboxylic acids is 1. The molecule has 20 heavy (non-hydrogen) atoms. The molecule has 1 heterocycles. The number of hydrogen-bond acceptors (Lipinski definition) is 4. The third kappa shape index (κ3) is 3.18. The molecule has 2 amide bonds. The van der Waals surface area contributed by atoms with Crippen LogP contribution in [-0.4, -0.2) is 29.0 Å². The second kappa shape index (κ2) is 6.25. The lowest BCUT2D eigenvalue weighted by Crippen LogP contribution is -2.35. The highest BCUT2D eigenvalue weighted by Gasteiger charge is 2.09. The van der Waals surface area contributed by atoms with Crippen molar-refractivity contribution < 1.29 is 9.53 Å². The molecule has 7 nitrogen and oxygen atoms in total. The van der Waals surface area contributed by atoms with Crippen LogP contribution in [0.3, 0.4) is 0 Å². The van der Waals surface area contributed by atoms with Gasteiger partial charge in [0.05, 0.1) is 10.9 Å². The van der Waals surface area contributed by atoms with Crippen LogP contribution < -0.4 is 21.1 Å². The highest BCUT2D eigenvalue weighted by Crippen LogP contribution is 2.25. The van der Waals surface area contributed by atoms with Crippen LogP contribution in [0.25, 0.3) is 10.9 Å². The fraction of sp³-hybridized carbons (Fsp3) is 0.385. The molecule has 0 saturated heterocycles. The van der Waals surface area contributed by atoms with E-state index in [2.05, 4.69) is 20.8 Å². The number of anilines is 1. The Balaban J connectivity index is 2.14. The summed E-state index contributed by atoms with van der Waals surface area (Å²) in [5, 5.41) is 13.2. The van der Waals surface area contributed by atoms with Crippen LogP contribution in [0.5, 0.6) is 5.88 Å². The van der Waals surface area contributed by atoms with Gasteiger partial charge in [0.25, 0.3) is 0 Å². The van der Waals surface area contributed by atoms with Gasteiger partial charge < -0.3 is 15.4 Å². The second-order valence-electron chi connectivity index (χ2n) is 4.51. The minimum atomic E-state index is -0.233. The maximum Gasteiger partial charge on any atom is 0.319 e. The van der Waals surface area contributed by atoms with E-state index in [1.165, 1.54) is 0 Å². The van der Waals surface area contributed by atoms with Crippen molar-refractivity contribution >= 4 is 22.6 Å². The number of benzene rings is 1.